The van der Waals surface area contributed by atoms with Gasteiger partial charge in [0.1, 0.15) is 11.5 Å². The molecule has 2 aromatic carbocycles. The molecule has 1 amide bonds. The quantitative estimate of drug-likeness (QED) is 0.522. The Bertz CT molecular complexity index is 1100. The lowest BCUT2D eigenvalue weighted by molar-refractivity contribution is -0.384. The SMILES string of the molecule is C[C@@H]1CN(C(=O)c2cc3cc([N+](=O)[O-])ccc3[nH]2)[C@@H](C)CN1Cc1ccc(F)cc1. The number of benzene rings is 2. The highest BCUT2D eigenvalue weighted by Gasteiger charge is 2.33. The van der Waals surface area contributed by atoms with E-state index in [9.17, 15) is 19.3 Å². The predicted octanol–water partition coefficient (Wildman–Crippen LogP) is 3.95. The summed E-state index contributed by atoms with van der Waals surface area (Å²) in [5, 5.41) is 11.6. The largest absolute Gasteiger partial charge is 0.351 e. The van der Waals surface area contributed by atoms with E-state index in [1.807, 2.05) is 11.8 Å². The lowest BCUT2D eigenvalue weighted by Gasteiger charge is -2.44. The van der Waals surface area contributed by atoms with Crippen LogP contribution in [0.3, 0.4) is 0 Å². The Balaban J connectivity index is 1.49. The number of nitrogens with zero attached hydrogens (tertiary/aromatic N) is 3. The normalized spacial score (nSPS) is 19.9. The Morgan fingerprint density at radius 3 is 2.57 bits per heavy atom. The van der Waals surface area contributed by atoms with Crippen molar-refractivity contribution in [1.29, 1.82) is 0 Å². The van der Waals surface area contributed by atoms with E-state index < -0.39 is 4.92 Å². The highest BCUT2D eigenvalue weighted by atomic mass is 19.1. The molecule has 0 bridgehead atoms. The molecule has 1 aliphatic rings. The molecule has 1 aliphatic heterocycles. The number of hydrogen-bond donors (Lipinski definition) is 1. The summed E-state index contributed by atoms with van der Waals surface area (Å²) in [5.41, 5.74) is 2.15. The summed E-state index contributed by atoms with van der Waals surface area (Å²) >= 11 is 0. The highest BCUT2D eigenvalue weighted by Crippen LogP contribution is 2.24. The van der Waals surface area contributed by atoms with Crippen molar-refractivity contribution in [2.45, 2.75) is 32.5 Å². The van der Waals surface area contributed by atoms with Crippen molar-refractivity contribution in [3.05, 3.63) is 75.7 Å². The van der Waals surface area contributed by atoms with Gasteiger partial charge in [-0.15, -0.1) is 0 Å². The second-order valence-electron chi connectivity index (χ2n) is 7.92. The Morgan fingerprint density at radius 1 is 1.13 bits per heavy atom. The molecule has 0 saturated carbocycles. The van der Waals surface area contributed by atoms with Crippen LogP contribution in [0.2, 0.25) is 0 Å². The molecule has 8 heteroatoms. The fourth-order valence-electron chi connectivity index (χ4n) is 4.03. The number of nitro groups is 1. The number of halogens is 1. The zero-order valence-electron chi connectivity index (χ0n) is 16.8. The first-order valence-electron chi connectivity index (χ1n) is 9.88. The molecular weight excluding hydrogens is 387 g/mol. The van der Waals surface area contributed by atoms with Crippen molar-refractivity contribution in [2.24, 2.45) is 0 Å². The molecule has 156 valence electrons. The number of fused-ring (bicyclic) bond motifs is 1. The summed E-state index contributed by atoms with van der Waals surface area (Å²) in [4.78, 5) is 30.9. The van der Waals surface area contributed by atoms with Crippen LogP contribution in [-0.2, 0) is 6.54 Å². The number of non-ortho nitro benzene ring substituents is 1. The number of rotatable bonds is 4. The van der Waals surface area contributed by atoms with Gasteiger partial charge in [0.25, 0.3) is 11.6 Å². The van der Waals surface area contributed by atoms with Crippen LogP contribution in [0.4, 0.5) is 10.1 Å². The Hall–Kier alpha value is -3.26. The monoisotopic (exact) mass is 410 g/mol. The van der Waals surface area contributed by atoms with Gasteiger partial charge in [-0.05, 0) is 43.7 Å². The summed E-state index contributed by atoms with van der Waals surface area (Å²) in [6.45, 7) is 6.05. The van der Waals surface area contributed by atoms with Crippen LogP contribution in [0.15, 0.2) is 48.5 Å². The molecule has 0 spiro atoms. The number of hydrogen-bond acceptors (Lipinski definition) is 4. The lowest BCUT2D eigenvalue weighted by atomic mass is 10.1. The number of carbonyl (C=O) groups is 1. The summed E-state index contributed by atoms with van der Waals surface area (Å²) in [6.07, 6.45) is 0. The van der Waals surface area contributed by atoms with Gasteiger partial charge < -0.3 is 9.88 Å². The second kappa shape index (κ2) is 7.87. The summed E-state index contributed by atoms with van der Waals surface area (Å²) < 4.78 is 13.1. The summed E-state index contributed by atoms with van der Waals surface area (Å²) in [5.74, 6) is -0.367. The molecule has 0 radical (unpaired) electrons. The third-order valence-corrected chi connectivity index (χ3v) is 5.72. The topological polar surface area (TPSA) is 82.5 Å². The van der Waals surface area contributed by atoms with Crippen molar-refractivity contribution in [3.63, 3.8) is 0 Å². The molecule has 30 heavy (non-hydrogen) atoms. The average molecular weight is 410 g/mol. The van der Waals surface area contributed by atoms with E-state index in [0.29, 0.717) is 36.2 Å². The van der Waals surface area contributed by atoms with E-state index in [1.165, 1.54) is 24.3 Å². The maximum atomic E-state index is 13.1. The molecular formula is C22H23FN4O3. The lowest BCUT2D eigenvalue weighted by Crippen LogP contribution is -2.57. The number of nitrogens with one attached hydrogen (secondary N) is 1. The zero-order chi connectivity index (χ0) is 21.4. The minimum absolute atomic E-state index is 0.00287. The molecule has 4 rings (SSSR count). The number of piperazine rings is 1. The Kier molecular flexibility index (Phi) is 5.26. The minimum Gasteiger partial charge on any atom is -0.351 e. The van der Waals surface area contributed by atoms with E-state index in [2.05, 4.69) is 16.8 Å². The van der Waals surface area contributed by atoms with Gasteiger partial charge >= 0.3 is 0 Å². The number of amides is 1. The van der Waals surface area contributed by atoms with Crippen LogP contribution in [0.1, 0.15) is 29.9 Å². The number of aromatic nitrogens is 1. The fourth-order valence-corrected chi connectivity index (χ4v) is 4.03. The van der Waals surface area contributed by atoms with E-state index in [0.717, 1.165) is 5.56 Å². The Labute approximate surface area is 173 Å². The molecule has 1 aromatic heterocycles. The molecule has 7 nitrogen and oxygen atoms in total. The molecule has 1 saturated heterocycles. The van der Waals surface area contributed by atoms with Gasteiger partial charge in [-0.3, -0.25) is 19.8 Å². The molecule has 0 unspecified atom stereocenters. The van der Waals surface area contributed by atoms with Crippen molar-refractivity contribution in [1.82, 2.24) is 14.8 Å². The van der Waals surface area contributed by atoms with Gasteiger partial charge in [0.15, 0.2) is 0 Å². The van der Waals surface area contributed by atoms with Crippen molar-refractivity contribution < 1.29 is 14.1 Å². The third kappa shape index (κ3) is 3.91. The van der Waals surface area contributed by atoms with Gasteiger partial charge in [-0.2, -0.15) is 0 Å². The first-order valence-corrected chi connectivity index (χ1v) is 9.88. The fraction of sp³-hybridized carbons (Fsp3) is 0.318. The van der Waals surface area contributed by atoms with Crippen molar-refractivity contribution >= 4 is 22.5 Å². The smallest absolute Gasteiger partial charge is 0.270 e. The maximum Gasteiger partial charge on any atom is 0.270 e. The van der Waals surface area contributed by atoms with E-state index in [4.69, 9.17) is 0 Å². The molecule has 1 N–H and O–H groups in total. The number of H-pyrrole nitrogens is 1. The van der Waals surface area contributed by atoms with Gasteiger partial charge in [-0.25, -0.2) is 4.39 Å². The first-order chi connectivity index (χ1) is 14.3. The van der Waals surface area contributed by atoms with Crippen LogP contribution in [0.25, 0.3) is 10.9 Å². The predicted molar refractivity (Wildman–Crippen MR) is 112 cm³/mol. The van der Waals surface area contributed by atoms with E-state index >= 15 is 0 Å². The van der Waals surface area contributed by atoms with E-state index in [-0.39, 0.29) is 29.5 Å². The molecule has 2 heterocycles. The van der Waals surface area contributed by atoms with Crippen LogP contribution >= 0.6 is 0 Å². The standard InChI is InChI=1S/C22H23FN4O3/c1-14-12-26(15(2)11-25(14)13-16-3-5-18(23)6-4-16)22(28)21-10-17-9-19(27(29)30)7-8-20(17)24-21/h3-10,14-15,24H,11-13H2,1-2H3/t14-,15+/m1/s1. The average Bonchev–Trinajstić information content (AvgIpc) is 3.15. The molecule has 1 fully saturated rings. The minimum atomic E-state index is -0.446. The van der Waals surface area contributed by atoms with Gasteiger partial charge in [0.05, 0.1) is 4.92 Å². The van der Waals surface area contributed by atoms with E-state index in [1.54, 1.807) is 24.3 Å². The second-order valence-corrected chi connectivity index (χ2v) is 7.92. The third-order valence-electron chi connectivity index (χ3n) is 5.72. The summed E-state index contributed by atoms with van der Waals surface area (Å²) in [6, 6.07) is 12.8. The first kappa shape index (κ1) is 20.0. The van der Waals surface area contributed by atoms with Crippen LogP contribution in [0, 0.1) is 15.9 Å². The summed E-state index contributed by atoms with van der Waals surface area (Å²) in [7, 11) is 0. The van der Waals surface area contributed by atoms with Crippen LogP contribution in [0.5, 0.6) is 0 Å². The van der Waals surface area contributed by atoms with Gasteiger partial charge in [0, 0.05) is 54.8 Å². The molecule has 3 aromatic rings. The molecule has 0 aliphatic carbocycles. The Morgan fingerprint density at radius 2 is 1.87 bits per heavy atom. The van der Waals surface area contributed by atoms with Gasteiger partial charge in [0.2, 0.25) is 0 Å². The zero-order valence-corrected chi connectivity index (χ0v) is 16.8. The number of nitro benzene ring substituents is 1. The number of aromatic amines is 1. The number of carbonyl (C=O) groups excluding carboxylic acids is 1. The van der Waals surface area contributed by atoms with Gasteiger partial charge in [-0.1, -0.05) is 12.1 Å². The molecule has 2 atom stereocenters. The maximum absolute atomic E-state index is 13.1. The van der Waals surface area contributed by atoms with Crippen molar-refractivity contribution in [3.8, 4) is 0 Å². The highest BCUT2D eigenvalue weighted by molar-refractivity contribution is 5.98. The van der Waals surface area contributed by atoms with Crippen LogP contribution < -0.4 is 0 Å². The van der Waals surface area contributed by atoms with Crippen molar-refractivity contribution in [2.75, 3.05) is 13.1 Å². The van der Waals surface area contributed by atoms with Crippen LogP contribution in [-0.4, -0.2) is 50.8 Å².